The second kappa shape index (κ2) is 4.22. The van der Waals surface area contributed by atoms with E-state index in [1.807, 2.05) is 0 Å². The van der Waals surface area contributed by atoms with Gasteiger partial charge in [0.05, 0.1) is 13.2 Å². The Kier molecular flexibility index (Phi) is 2.98. The Morgan fingerprint density at radius 3 is 2.46 bits per heavy atom. The minimum Gasteiger partial charge on any atom is -0.349 e. The van der Waals surface area contributed by atoms with E-state index in [4.69, 9.17) is 9.47 Å². The maximum absolute atomic E-state index is 5.40. The van der Waals surface area contributed by atoms with Crippen molar-refractivity contribution in [3.63, 3.8) is 0 Å². The van der Waals surface area contributed by atoms with E-state index in [-0.39, 0.29) is 6.29 Å². The van der Waals surface area contributed by atoms with Crippen LogP contribution in [0.1, 0.15) is 12.8 Å². The summed E-state index contributed by atoms with van der Waals surface area (Å²) in [6, 6.07) is 0. The molecule has 2 heterocycles. The molecule has 2 aliphatic rings. The average Bonchev–Trinajstić information content (AvgIpc) is 2.62. The zero-order chi connectivity index (χ0) is 9.10. The zero-order valence-electron chi connectivity index (χ0n) is 8.00. The third-order valence-corrected chi connectivity index (χ3v) is 2.66. The lowest BCUT2D eigenvalue weighted by Gasteiger charge is -2.29. The third-order valence-electron chi connectivity index (χ3n) is 2.66. The highest BCUT2D eigenvalue weighted by Crippen LogP contribution is 2.15. The summed E-state index contributed by atoms with van der Waals surface area (Å²) in [4.78, 5) is 2.39. The fourth-order valence-electron chi connectivity index (χ4n) is 1.78. The highest BCUT2D eigenvalue weighted by Gasteiger charge is 2.21. The standard InChI is InChI=1S/C10H17NO2/c1-9-2-4-11(5-3-9)8-10-12-6-7-13-10/h10H,1-8H2. The summed E-state index contributed by atoms with van der Waals surface area (Å²) in [5.74, 6) is 0. The van der Waals surface area contributed by atoms with Gasteiger partial charge in [0.2, 0.25) is 0 Å². The fourth-order valence-corrected chi connectivity index (χ4v) is 1.78. The number of hydrogen-bond acceptors (Lipinski definition) is 3. The topological polar surface area (TPSA) is 21.7 Å². The maximum atomic E-state index is 5.40. The number of ether oxygens (including phenoxy) is 2. The second-order valence-corrected chi connectivity index (χ2v) is 3.72. The summed E-state index contributed by atoms with van der Waals surface area (Å²) in [5, 5.41) is 0. The Morgan fingerprint density at radius 2 is 1.85 bits per heavy atom. The zero-order valence-corrected chi connectivity index (χ0v) is 8.00. The molecule has 0 aromatic heterocycles. The van der Waals surface area contributed by atoms with Crippen molar-refractivity contribution in [2.75, 3.05) is 32.8 Å². The molecule has 0 radical (unpaired) electrons. The van der Waals surface area contributed by atoms with Gasteiger partial charge in [-0.15, -0.1) is 0 Å². The van der Waals surface area contributed by atoms with Crippen LogP contribution in [0.3, 0.4) is 0 Å². The van der Waals surface area contributed by atoms with Gasteiger partial charge in [-0.2, -0.15) is 0 Å². The Hall–Kier alpha value is -0.380. The van der Waals surface area contributed by atoms with Crippen LogP contribution in [-0.4, -0.2) is 44.0 Å². The van der Waals surface area contributed by atoms with Crippen LogP contribution in [0.15, 0.2) is 12.2 Å². The lowest BCUT2D eigenvalue weighted by atomic mass is 10.1. The van der Waals surface area contributed by atoms with Crippen LogP contribution in [0.25, 0.3) is 0 Å². The summed E-state index contributed by atoms with van der Waals surface area (Å²) >= 11 is 0. The monoisotopic (exact) mass is 183 g/mol. The van der Waals surface area contributed by atoms with E-state index in [1.165, 1.54) is 5.57 Å². The van der Waals surface area contributed by atoms with Gasteiger partial charge in [-0.3, -0.25) is 4.90 Å². The molecule has 2 fully saturated rings. The molecule has 0 saturated carbocycles. The van der Waals surface area contributed by atoms with Crippen LogP contribution < -0.4 is 0 Å². The van der Waals surface area contributed by atoms with Crippen molar-refractivity contribution >= 4 is 0 Å². The number of hydrogen-bond donors (Lipinski definition) is 0. The molecule has 13 heavy (non-hydrogen) atoms. The minimum absolute atomic E-state index is 0.0198. The van der Waals surface area contributed by atoms with Crippen LogP contribution in [0.5, 0.6) is 0 Å². The highest BCUT2D eigenvalue weighted by molar-refractivity contribution is 4.98. The van der Waals surface area contributed by atoms with E-state index >= 15 is 0 Å². The van der Waals surface area contributed by atoms with Crippen molar-refractivity contribution in [3.05, 3.63) is 12.2 Å². The molecule has 0 aromatic rings. The van der Waals surface area contributed by atoms with Crippen LogP contribution in [0.2, 0.25) is 0 Å². The molecule has 0 N–H and O–H groups in total. The molecule has 0 amide bonds. The first-order valence-corrected chi connectivity index (χ1v) is 4.97. The van der Waals surface area contributed by atoms with Crippen molar-refractivity contribution in [2.45, 2.75) is 19.1 Å². The molecule has 0 atom stereocenters. The average molecular weight is 183 g/mol. The Balaban J connectivity index is 1.72. The molecule has 0 aromatic carbocycles. The molecule has 0 aliphatic carbocycles. The van der Waals surface area contributed by atoms with Gasteiger partial charge in [0.25, 0.3) is 0 Å². The molecule has 0 spiro atoms. The first kappa shape index (κ1) is 9.19. The van der Waals surface area contributed by atoms with Crippen molar-refractivity contribution in [1.29, 1.82) is 0 Å². The third kappa shape index (κ3) is 2.53. The molecule has 0 bridgehead atoms. The van der Waals surface area contributed by atoms with Crippen LogP contribution in [-0.2, 0) is 9.47 Å². The normalized spacial score (nSPS) is 26.9. The fraction of sp³-hybridized carbons (Fsp3) is 0.800. The first-order chi connectivity index (χ1) is 6.34. The smallest absolute Gasteiger partial charge is 0.170 e. The maximum Gasteiger partial charge on any atom is 0.170 e. The van der Waals surface area contributed by atoms with Gasteiger partial charge in [0.1, 0.15) is 0 Å². The van der Waals surface area contributed by atoms with E-state index < -0.39 is 0 Å². The Labute approximate surface area is 79.3 Å². The van der Waals surface area contributed by atoms with Crippen LogP contribution >= 0.6 is 0 Å². The van der Waals surface area contributed by atoms with Crippen molar-refractivity contribution in [1.82, 2.24) is 4.90 Å². The summed E-state index contributed by atoms with van der Waals surface area (Å²) in [7, 11) is 0. The summed E-state index contributed by atoms with van der Waals surface area (Å²) in [5.41, 5.74) is 1.38. The van der Waals surface area contributed by atoms with Gasteiger partial charge < -0.3 is 9.47 Å². The molecule has 2 rings (SSSR count). The van der Waals surface area contributed by atoms with Crippen LogP contribution in [0, 0.1) is 0 Å². The summed E-state index contributed by atoms with van der Waals surface area (Å²) in [6.07, 6.45) is 2.28. The van der Waals surface area contributed by atoms with Gasteiger partial charge in [0.15, 0.2) is 6.29 Å². The molecular weight excluding hydrogens is 166 g/mol. The molecule has 74 valence electrons. The second-order valence-electron chi connectivity index (χ2n) is 3.72. The van der Waals surface area contributed by atoms with E-state index in [0.717, 1.165) is 45.7 Å². The predicted octanol–water partition coefficient (Wildman–Crippen LogP) is 1.01. The molecule has 2 saturated heterocycles. The SMILES string of the molecule is C=C1CCN(CC2OCCO2)CC1. The van der Waals surface area contributed by atoms with Gasteiger partial charge in [-0.05, 0) is 12.8 Å². The molecule has 3 nitrogen and oxygen atoms in total. The summed E-state index contributed by atoms with van der Waals surface area (Å²) in [6.45, 7) is 8.65. The number of likely N-dealkylation sites (tertiary alicyclic amines) is 1. The van der Waals surface area contributed by atoms with Gasteiger partial charge in [-0.25, -0.2) is 0 Å². The Morgan fingerprint density at radius 1 is 1.23 bits per heavy atom. The predicted molar refractivity (Wildman–Crippen MR) is 50.5 cm³/mol. The molecule has 0 unspecified atom stereocenters. The van der Waals surface area contributed by atoms with E-state index in [0.29, 0.717) is 0 Å². The van der Waals surface area contributed by atoms with Crippen molar-refractivity contribution in [3.8, 4) is 0 Å². The van der Waals surface area contributed by atoms with Gasteiger partial charge in [-0.1, -0.05) is 12.2 Å². The molecule has 2 aliphatic heterocycles. The van der Waals surface area contributed by atoms with Gasteiger partial charge >= 0.3 is 0 Å². The number of nitrogens with zero attached hydrogens (tertiary/aromatic N) is 1. The minimum atomic E-state index is 0.0198. The lowest BCUT2D eigenvalue weighted by molar-refractivity contribution is -0.0628. The van der Waals surface area contributed by atoms with Gasteiger partial charge in [0, 0.05) is 19.6 Å². The first-order valence-electron chi connectivity index (χ1n) is 4.97. The van der Waals surface area contributed by atoms with Crippen molar-refractivity contribution < 1.29 is 9.47 Å². The van der Waals surface area contributed by atoms with Crippen molar-refractivity contribution in [2.24, 2.45) is 0 Å². The molecular formula is C10H17NO2. The van der Waals surface area contributed by atoms with E-state index in [1.54, 1.807) is 0 Å². The summed E-state index contributed by atoms with van der Waals surface area (Å²) < 4.78 is 10.8. The Bertz CT molecular complexity index is 177. The largest absolute Gasteiger partial charge is 0.349 e. The molecule has 3 heteroatoms. The quantitative estimate of drug-likeness (QED) is 0.596. The number of piperidine rings is 1. The number of rotatable bonds is 2. The highest BCUT2D eigenvalue weighted by atomic mass is 16.7. The van der Waals surface area contributed by atoms with E-state index in [9.17, 15) is 0 Å². The van der Waals surface area contributed by atoms with E-state index in [2.05, 4.69) is 11.5 Å². The lowest BCUT2D eigenvalue weighted by Crippen LogP contribution is -2.37. The van der Waals surface area contributed by atoms with Crippen LogP contribution in [0.4, 0.5) is 0 Å².